The van der Waals surface area contributed by atoms with Crippen LogP contribution in [-0.2, 0) is 4.79 Å². The van der Waals surface area contributed by atoms with Crippen molar-refractivity contribution < 1.29 is 18.0 Å². The quantitative estimate of drug-likeness (QED) is 0.831. The molecule has 2 N–H and O–H groups in total. The van der Waals surface area contributed by atoms with Crippen molar-refractivity contribution in [1.82, 2.24) is 15.5 Å². The fourth-order valence-corrected chi connectivity index (χ4v) is 3.18. The lowest BCUT2D eigenvalue weighted by Crippen LogP contribution is -2.49. The van der Waals surface area contributed by atoms with E-state index in [-0.39, 0.29) is 17.9 Å². The van der Waals surface area contributed by atoms with Crippen molar-refractivity contribution in [2.45, 2.75) is 50.9 Å². The first kappa shape index (κ1) is 16.5. The lowest BCUT2D eigenvalue weighted by atomic mass is 9.92. The Morgan fingerprint density at radius 1 is 1.29 bits per heavy atom. The Morgan fingerprint density at radius 2 is 1.95 bits per heavy atom. The molecule has 0 spiro atoms. The molecule has 2 rings (SSSR count). The summed E-state index contributed by atoms with van der Waals surface area (Å²) < 4.78 is 36.9. The Kier molecular flexibility index (Phi) is 5.48. The van der Waals surface area contributed by atoms with E-state index in [4.69, 9.17) is 0 Å². The van der Waals surface area contributed by atoms with Gasteiger partial charge in [0, 0.05) is 31.1 Å². The molecule has 0 aromatic heterocycles. The standard InChI is InChI=1S/C14H24F3N3O/c1-10-8-11(2-5-18-10)13(21)19-12-3-6-20(7-4-12)9-14(15,16)17/h10-12,18H,2-9H2,1H3,(H,19,21)/t10-,11-/m0/s1. The van der Waals surface area contributed by atoms with Gasteiger partial charge in [0.1, 0.15) is 0 Å². The number of halogens is 3. The van der Waals surface area contributed by atoms with Gasteiger partial charge in [0.05, 0.1) is 6.54 Å². The predicted octanol–water partition coefficient (Wildman–Crippen LogP) is 1.52. The van der Waals surface area contributed by atoms with Crippen molar-refractivity contribution >= 4 is 5.91 Å². The van der Waals surface area contributed by atoms with Gasteiger partial charge in [-0.15, -0.1) is 0 Å². The van der Waals surface area contributed by atoms with Crippen molar-refractivity contribution in [2.75, 3.05) is 26.2 Å². The number of amides is 1. The van der Waals surface area contributed by atoms with E-state index >= 15 is 0 Å². The third kappa shape index (κ3) is 5.47. The summed E-state index contributed by atoms with van der Waals surface area (Å²) >= 11 is 0. The zero-order valence-electron chi connectivity index (χ0n) is 12.4. The van der Waals surface area contributed by atoms with Crippen molar-refractivity contribution in [2.24, 2.45) is 5.92 Å². The monoisotopic (exact) mass is 307 g/mol. The highest BCUT2D eigenvalue weighted by Gasteiger charge is 2.33. The Morgan fingerprint density at radius 3 is 2.52 bits per heavy atom. The molecular formula is C14H24F3N3O. The molecule has 2 aliphatic heterocycles. The molecule has 0 unspecified atom stereocenters. The van der Waals surface area contributed by atoms with Crippen LogP contribution in [0.3, 0.4) is 0 Å². The third-order valence-electron chi connectivity index (χ3n) is 4.33. The minimum atomic E-state index is -4.14. The maximum Gasteiger partial charge on any atom is 0.401 e. The zero-order valence-corrected chi connectivity index (χ0v) is 12.4. The first-order valence-electron chi connectivity index (χ1n) is 7.66. The molecule has 2 aliphatic rings. The van der Waals surface area contributed by atoms with Crippen LogP contribution >= 0.6 is 0 Å². The SMILES string of the molecule is C[C@H]1C[C@@H](C(=O)NC2CCN(CC(F)(F)F)CC2)CCN1. The van der Waals surface area contributed by atoms with Gasteiger partial charge in [0.15, 0.2) is 0 Å². The van der Waals surface area contributed by atoms with Gasteiger partial charge < -0.3 is 10.6 Å². The van der Waals surface area contributed by atoms with E-state index in [0.29, 0.717) is 32.0 Å². The van der Waals surface area contributed by atoms with Gasteiger partial charge in [0.25, 0.3) is 0 Å². The molecule has 2 fully saturated rings. The van der Waals surface area contributed by atoms with E-state index in [1.54, 1.807) is 0 Å². The van der Waals surface area contributed by atoms with Crippen molar-refractivity contribution in [3.8, 4) is 0 Å². The van der Waals surface area contributed by atoms with E-state index in [0.717, 1.165) is 19.4 Å². The molecule has 0 aromatic carbocycles. The second kappa shape index (κ2) is 6.96. The molecule has 0 radical (unpaired) electrons. The second-order valence-corrected chi connectivity index (χ2v) is 6.25. The molecule has 0 saturated carbocycles. The molecule has 7 heteroatoms. The summed E-state index contributed by atoms with van der Waals surface area (Å²) in [5.74, 6) is 0.104. The van der Waals surface area contributed by atoms with Crippen molar-refractivity contribution in [1.29, 1.82) is 0 Å². The fourth-order valence-electron chi connectivity index (χ4n) is 3.18. The maximum absolute atomic E-state index is 12.3. The van der Waals surface area contributed by atoms with E-state index in [9.17, 15) is 18.0 Å². The molecule has 122 valence electrons. The van der Waals surface area contributed by atoms with Crippen LogP contribution < -0.4 is 10.6 Å². The summed E-state index contributed by atoms with van der Waals surface area (Å²) in [6.45, 7) is 2.86. The van der Waals surface area contributed by atoms with Crippen LogP contribution in [0.25, 0.3) is 0 Å². The minimum Gasteiger partial charge on any atom is -0.353 e. The molecule has 21 heavy (non-hydrogen) atoms. The van der Waals surface area contributed by atoms with Crippen molar-refractivity contribution in [3.63, 3.8) is 0 Å². The molecule has 0 bridgehead atoms. The first-order chi connectivity index (χ1) is 9.83. The lowest BCUT2D eigenvalue weighted by Gasteiger charge is -2.34. The van der Waals surface area contributed by atoms with Crippen LogP contribution in [0, 0.1) is 5.92 Å². The number of alkyl halides is 3. The Hall–Kier alpha value is -0.820. The Bertz CT molecular complexity index is 354. The van der Waals surface area contributed by atoms with Crippen LogP contribution in [-0.4, -0.2) is 55.2 Å². The highest BCUT2D eigenvalue weighted by atomic mass is 19.4. The topological polar surface area (TPSA) is 44.4 Å². The number of hydrogen-bond acceptors (Lipinski definition) is 3. The van der Waals surface area contributed by atoms with E-state index < -0.39 is 12.7 Å². The fraction of sp³-hybridized carbons (Fsp3) is 0.929. The van der Waals surface area contributed by atoms with Crippen molar-refractivity contribution in [3.05, 3.63) is 0 Å². The number of hydrogen-bond donors (Lipinski definition) is 2. The first-order valence-corrected chi connectivity index (χ1v) is 7.66. The van der Waals surface area contributed by atoms with E-state index in [1.165, 1.54) is 4.90 Å². The van der Waals surface area contributed by atoms with Gasteiger partial charge in [-0.25, -0.2) is 0 Å². The van der Waals surface area contributed by atoms with Crippen LogP contribution in [0.4, 0.5) is 13.2 Å². The summed E-state index contributed by atoms with van der Waals surface area (Å²) in [7, 11) is 0. The summed E-state index contributed by atoms with van der Waals surface area (Å²) in [4.78, 5) is 13.6. The lowest BCUT2D eigenvalue weighted by molar-refractivity contribution is -0.148. The summed E-state index contributed by atoms with van der Waals surface area (Å²) in [5, 5.41) is 6.32. The molecule has 2 atom stereocenters. The summed E-state index contributed by atoms with van der Waals surface area (Å²) in [5.41, 5.74) is 0. The van der Waals surface area contributed by atoms with E-state index in [1.807, 2.05) is 0 Å². The highest BCUT2D eigenvalue weighted by molar-refractivity contribution is 5.79. The normalized spacial score (nSPS) is 29.3. The molecule has 1 amide bonds. The van der Waals surface area contributed by atoms with Crippen LogP contribution in [0.1, 0.15) is 32.6 Å². The largest absolute Gasteiger partial charge is 0.401 e. The molecule has 0 aliphatic carbocycles. The molecule has 0 aromatic rings. The minimum absolute atomic E-state index is 0.0205. The number of rotatable bonds is 3. The number of nitrogens with zero attached hydrogens (tertiary/aromatic N) is 1. The number of nitrogens with one attached hydrogen (secondary N) is 2. The van der Waals surface area contributed by atoms with E-state index in [2.05, 4.69) is 17.6 Å². The molecular weight excluding hydrogens is 283 g/mol. The molecule has 2 heterocycles. The molecule has 4 nitrogen and oxygen atoms in total. The third-order valence-corrected chi connectivity index (χ3v) is 4.33. The van der Waals surface area contributed by atoms with Gasteiger partial charge >= 0.3 is 6.18 Å². The van der Waals surface area contributed by atoms with Gasteiger partial charge in [-0.3, -0.25) is 9.69 Å². The second-order valence-electron chi connectivity index (χ2n) is 6.25. The maximum atomic E-state index is 12.3. The smallest absolute Gasteiger partial charge is 0.353 e. The summed E-state index contributed by atoms with van der Waals surface area (Å²) in [6.07, 6.45) is -1.27. The molecule has 2 saturated heterocycles. The number of likely N-dealkylation sites (tertiary alicyclic amines) is 1. The van der Waals surface area contributed by atoms with Gasteiger partial charge in [-0.1, -0.05) is 0 Å². The average Bonchev–Trinajstić information content (AvgIpc) is 2.39. The average molecular weight is 307 g/mol. The van der Waals surface area contributed by atoms with Gasteiger partial charge in [-0.05, 0) is 39.2 Å². The van der Waals surface area contributed by atoms with Crippen LogP contribution in [0.2, 0.25) is 0 Å². The predicted molar refractivity (Wildman–Crippen MR) is 73.8 cm³/mol. The Labute approximate surface area is 123 Å². The number of carbonyl (C=O) groups excluding carboxylic acids is 1. The van der Waals surface area contributed by atoms with Gasteiger partial charge in [-0.2, -0.15) is 13.2 Å². The highest BCUT2D eigenvalue weighted by Crippen LogP contribution is 2.21. The number of carbonyl (C=O) groups is 1. The van der Waals surface area contributed by atoms with Gasteiger partial charge in [0.2, 0.25) is 5.91 Å². The van der Waals surface area contributed by atoms with Crippen LogP contribution in [0.5, 0.6) is 0 Å². The van der Waals surface area contributed by atoms with Crippen LogP contribution in [0.15, 0.2) is 0 Å². The summed E-state index contributed by atoms with van der Waals surface area (Å²) in [6, 6.07) is 0.371. The Balaban J connectivity index is 1.72. The number of piperidine rings is 2. The zero-order chi connectivity index (χ0) is 15.5.